The number of aryl methyl sites for hydroxylation is 1. The van der Waals surface area contributed by atoms with Crippen molar-refractivity contribution in [2.45, 2.75) is 18.9 Å². The first-order valence-electron chi connectivity index (χ1n) is 8.83. The topological polar surface area (TPSA) is 118 Å². The number of nitrogens with one attached hydrogen (secondary N) is 2. The lowest BCUT2D eigenvalue weighted by Gasteiger charge is -2.16. The number of Topliss-reactive ketones (excluding diaryl/α,β-unsaturated/α-hetero) is 1. The van der Waals surface area contributed by atoms with Crippen LogP contribution in [0, 0.1) is 0 Å². The summed E-state index contributed by atoms with van der Waals surface area (Å²) >= 11 is 0. The van der Waals surface area contributed by atoms with Crippen LogP contribution < -0.4 is 11.1 Å². The zero-order chi connectivity index (χ0) is 19.9. The maximum Gasteiger partial charge on any atom is 0.287 e. The Hall–Kier alpha value is -3.74. The quantitative estimate of drug-likeness (QED) is 0.520. The molecule has 1 aromatic carbocycles. The van der Waals surface area contributed by atoms with Gasteiger partial charge in [0.1, 0.15) is 0 Å². The zero-order valence-corrected chi connectivity index (χ0v) is 15.1. The molecule has 2 heterocycles. The van der Waals surface area contributed by atoms with Crippen molar-refractivity contribution in [2.75, 3.05) is 0 Å². The average molecular weight is 376 g/mol. The van der Waals surface area contributed by atoms with Crippen LogP contribution in [0.5, 0.6) is 0 Å². The minimum Gasteiger partial charge on any atom is -0.366 e. The molecule has 0 aliphatic rings. The van der Waals surface area contributed by atoms with Gasteiger partial charge in [-0.15, -0.1) is 0 Å². The summed E-state index contributed by atoms with van der Waals surface area (Å²) in [5, 5.41) is 2.64. The molecule has 0 saturated heterocycles. The van der Waals surface area contributed by atoms with Gasteiger partial charge in [-0.05, 0) is 30.5 Å². The van der Waals surface area contributed by atoms with Crippen molar-refractivity contribution < 1.29 is 14.4 Å². The number of hydrogen-bond donors (Lipinski definition) is 3. The molecule has 0 radical (unpaired) electrons. The molecule has 0 aliphatic heterocycles. The number of aromatic nitrogens is 2. The van der Waals surface area contributed by atoms with E-state index >= 15 is 0 Å². The predicted molar refractivity (Wildman–Crippen MR) is 104 cm³/mol. The number of nitrogens with two attached hydrogens (primary N) is 1. The Morgan fingerprint density at radius 1 is 1.04 bits per heavy atom. The summed E-state index contributed by atoms with van der Waals surface area (Å²) < 4.78 is 0. The van der Waals surface area contributed by atoms with E-state index in [1.165, 1.54) is 6.20 Å². The van der Waals surface area contributed by atoms with E-state index in [9.17, 15) is 14.4 Å². The molecular formula is C21H20N4O3. The highest BCUT2D eigenvalue weighted by atomic mass is 16.2. The maximum atomic E-state index is 12.8. The first-order chi connectivity index (χ1) is 13.6. The van der Waals surface area contributed by atoms with Gasteiger partial charge in [-0.2, -0.15) is 0 Å². The van der Waals surface area contributed by atoms with Gasteiger partial charge in [0.05, 0.1) is 17.3 Å². The highest BCUT2D eigenvalue weighted by Gasteiger charge is 2.26. The molecule has 0 saturated carbocycles. The zero-order valence-electron chi connectivity index (χ0n) is 15.1. The molecule has 2 aromatic heterocycles. The Morgan fingerprint density at radius 3 is 2.46 bits per heavy atom. The highest BCUT2D eigenvalue weighted by Crippen LogP contribution is 2.21. The Labute approximate surface area is 162 Å². The lowest BCUT2D eigenvalue weighted by atomic mass is 10.0. The standard InChI is InChI=1S/C21H20N4O3/c22-20(27)19(26)18(10-9-14-6-2-1-3-7-14)25-21(28)16-13-23-12-15(16)17-8-4-5-11-24-17/h1-8,11-13,18,23H,9-10H2,(H2,22,27)(H,25,28). The number of pyridine rings is 1. The largest absolute Gasteiger partial charge is 0.366 e. The van der Waals surface area contributed by atoms with Crippen LogP contribution in [-0.4, -0.2) is 33.6 Å². The molecule has 1 unspecified atom stereocenters. The van der Waals surface area contributed by atoms with Crippen molar-refractivity contribution in [3.8, 4) is 11.3 Å². The minimum absolute atomic E-state index is 0.265. The van der Waals surface area contributed by atoms with E-state index in [-0.39, 0.29) is 6.42 Å². The molecule has 0 bridgehead atoms. The van der Waals surface area contributed by atoms with Gasteiger partial charge < -0.3 is 16.0 Å². The third-order valence-corrected chi connectivity index (χ3v) is 4.36. The number of ketones is 1. The summed E-state index contributed by atoms with van der Waals surface area (Å²) in [6.07, 6.45) is 5.60. The number of aromatic amines is 1. The number of primary amides is 1. The third kappa shape index (κ3) is 4.50. The number of hydrogen-bond acceptors (Lipinski definition) is 4. The van der Waals surface area contributed by atoms with Gasteiger partial charge in [0.2, 0.25) is 5.78 Å². The summed E-state index contributed by atoms with van der Waals surface area (Å²) in [7, 11) is 0. The van der Waals surface area contributed by atoms with Crippen molar-refractivity contribution in [2.24, 2.45) is 5.73 Å². The van der Waals surface area contributed by atoms with E-state index in [2.05, 4.69) is 15.3 Å². The van der Waals surface area contributed by atoms with E-state index in [1.54, 1.807) is 24.5 Å². The van der Waals surface area contributed by atoms with E-state index in [4.69, 9.17) is 5.73 Å². The highest BCUT2D eigenvalue weighted by molar-refractivity contribution is 6.38. The number of nitrogens with zero attached hydrogens (tertiary/aromatic N) is 1. The maximum absolute atomic E-state index is 12.8. The normalized spacial score (nSPS) is 11.6. The van der Waals surface area contributed by atoms with Crippen molar-refractivity contribution >= 4 is 17.6 Å². The van der Waals surface area contributed by atoms with Gasteiger partial charge in [-0.1, -0.05) is 36.4 Å². The lowest BCUT2D eigenvalue weighted by molar-refractivity contribution is -0.137. The second-order valence-corrected chi connectivity index (χ2v) is 6.28. The van der Waals surface area contributed by atoms with Crippen molar-refractivity contribution in [1.82, 2.24) is 15.3 Å². The van der Waals surface area contributed by atoms with E-state index in [0.29, 0.717) is 23.2 Å². The van der Waals surface area contributed by atoms with Crippen LogP contribution >= 0.6 is 0 Å². The first kappa shape index (κ1) is 19.0. The molecule has 7 nitrogen and oxygen atoms in total. The van der Waals surface area contributed by atoms with Crippen molar-refractivity contribution in [3.05, 3.63) is 78.2 Å². The molecule has 0 aliphatic carbocycles. The number of carbonyl (C=O) groups is 3. The molecule has 3 rings (SSSR count). The fourth-order valence-electron chi connectivity index (χ4n) is 2.92. The number of benzene rings is 1. The molecule has 2 amide bonds. The number of carbonyl (C=O) groups excluding carboxylic acids is 3. The van der Waals surface area contributed by atoms with Gasteiger partial charge in [0, 0.05) is 24.2 Å². The van der Waals surface area contributed by atoms with E-state index in [0.717, 1.165) is 5.56 Å². The average Bonchev–Trinajstić information content (AvgIpc) is 3.22. The van der Waals surface area contributed by atoms with Crippen LogP contribution in [0.1, 0.15) is 22.3 Å². The minimum atomic E-state index is -1.07. The van der Waals surface area contributed by atoms with E-state index in [1.807, 2.05) is 36.4 Å². The van der Waals surface area contributed by atoms with Gasteiger partial charge in [-0.25, -0.2) is 0 Å². The molecule has 1 atom stereocenters. The predicted octanol–water partition coefficient (Wildman–Crippen LogP) is 1.86. The van der Waals surface area contributed by atoms with Crippen LogP contribution in [0.25, 0.3) is 11.3 Å². The summed E-state index contributed by atoms with van der Waals surface area (Å²) in [4.78, 5) is 43.5. The SMILES string of the molecule is NC(=O)C(=O)C(CCc1ccccc1)NC(=O)c1c[nH]cc1-c1ccccn1. The molecular weight excluding hydrogens is 356 g/mol. The summed E-state index contributed by atoms with van der Waals surface area (Å²) in [5.41, 5.74) is 7.72. The van der Waals surface area contributed by atoms with Crippen LogP contribution in [-0.2, 0) is 16.0 Å². The Morgan fingerprint density at radius 2 is 1.79 bits per heavy atom. The van der Waals surface area contributed by atoms with Crippen LogP contribution in [0.3, 0.4) is 0 Å². The summed E-state index contributed by atoms with van der Waals surface area (Å²) in [5.74, 6) is -2.37. The molecule has 0 fully saturated rings. The lowest BCUT2D eigenvalue weighted by Crippen LogP contribution is -2.46. The Kier molecular flexibility index (Phi) is 5.96. The van der Waals surface area contributed by atoms with Gasteiger partial charge in [-0.3, -0.25) is 19.4 Å². The van der Waals surface area contributed by atoms with Crippen molar-refractivity contribution in [1.29, 1.82) is 0 Å². The Bertz CT molecular complexity index is 968. The number of rotatable bonds is 8. The molecule has 28 heavy (non-hydrogen) atoms. The fraction of sp³-hybridized carbons (Fsp3) is 0.143. The second kappa shape index (κ2) is 8.77. The van der Waals surface area contributed by atoms with Crippen LogP contribution in [0.4, 0.5) is 0 Å². The summed E-state index contributed by atoms with van der Waals surface area (Å²) in [6.45, 7) is 0. The van der Waals surface area contributed by atoms with Crippen molar-refractivity contribution in [3.63, 3.8) is 0 Å². The molecule has 0 spiro atoms. The fourth-order valence-corrected chi connectivity index (χ4v) is 2.92. The van der Waals surface area contributed by atoms with E-state index < -0.39 is 23.6 Å². The molecule has 7 heteroatoms. The van der Waals surface area contributed by atoms with Gasteiger partial charge in [0.15, 0.2) is 0 Å². The number of amides is 2. The third-order valence-electron chi connectivity index (χ3n) is 4.36. The molecule has 3 aromatic rings. The summed E-state index contributed by atoms with van der Waals surface area (Å²) in [6, 6.07) is 13.9. The smallest absolute Gasteiger partial charge is 0.287 e. The first-order valence-corrected chi connectivity index (χ1v) is 8.83. The second-order valence-electron chi connectivity index (χ2n) is 6.28. The van der Waals surface area contributed by atoms with Crippen LogP contribution in [0.2, 0.25) is 0 Å². The number of H-pyrrole nitrogens is 1. The van der Waals surface area contributed by atoms with Gasteiger partial charge >= 0.3 is 0 Å². The van der Waals surface area contributed by atoms with Gasteiger partial charge in [0.25, 0.3) is 11.8 Å². The monoisotopic (exact) mass is 376 g/mol. The molecule has 4 N–H and O–H groups in total. The Balaban J connectivity index is 1.77. The van der Waals surface area contributed by atoms with Crippen LogP contribution in [0.15, 0.2) is 67.1 Å². The molecule has 142 valence electrons.